The number of carbonyl (C=O) groups excluding carboxylic acids is 1. The van der Waals surface area contributed by atoms with Gasteiger partial charge in [0.25, 0.3) is 5.91 Å². The normalized spacial score (nSPS) is 18.2. The quantitative estimate of drug-likeness (QED) is 0.305. The van der Waals surface area contributed by atoms with Gasteiger partial charge in [0, 0.05) is 16.6 Å². The number of amides is 1. The van der Waals surface area contributed by atoms with Crippen molar-refractivity contribution >= 4 is 49.3 Å². The number of hydrogen-bond acceptors (Lipinski definition) is 3. The summed E-state index contributed by atoms with van der Waals surface area (Å²) < 4.78 is 82.0. The first-order valence-corrected chi connectivity index (χ1v) is 11.3. The van der Waals surface area contributed by atoms with Gasteiger partial charge in [-0.2, -0.15) is 31.4 Å². The summed E-state index contributed by atoms with van der Waals surface area (Å²) in [6.07, 6.45) is -9.66. The minimum absolute atomic E-state index is 0.0342. The molecule has 13 heteroatoms. The average molecular weight is 612 g/mol. The lowest BCUT2D eigenvalue weighted by Gasteiger charge is -2.33. The predicted octanol–water partition coefficient (Wildman–Crippen LogP) is 7.34. The zero-order valence-electron chi connectivity index (χ0n) is 16.8. The molecule has 0 saturated heterocycles. The molecule has 2 aromatic carbocycles. The van der Waals surface area contributed by atoms with Crippen molar-refractivity contribution in [2.45, 2.75) is 30.9 Å². The first-order valence-electron chi connectivity index (χ1n) is 9.70. The number of carbonyl (C=O) groups is 1. The number of fused-ring (bicyclic) bond motifs is 1. The molecule has 0 saturated carbocycles. The zero-order chi connectivity index (χ0) is 24.8. The van der Waals surface area contributed by atoms with E-state index in [9.17, 15) is 31.1 Å². The van der Waals surface area contributed by atoms with Crippen molar-refractivity contribution in [1.82, 2.24) is 9.78 Å². The Balaban J connectivity index is 1.67. The average Bonchev–Trinajstić information content (AvgIpc) is 3.09. The lowest BCUT2D eigenvalue weighted by molar-refractivity contribution is -0.173. The standard InChI is InChI=1S/C21H14Br2F6N4O/c22-12-6-4-10(5-7-12)14-9-15(21(27,28)29)33-18(31-14)16(23)17(32-33)19(34)30-13-3-1-2-11(8-13)20(24,25)26/h1-8,14-15,31H,9H2,(H,30,34)/t14-,15-/m0/s1. The molecular weight excluding hydrogens is 598 g/mol. The summed E-state index contributed by atoms with van der Waals surface area (Å²) in [5.41, 5.74) is -0.951. The van der Waals surface area contributed by atoms with Gasteiger partial charge >= 0.3 is 12.4 Å². The third-order valence-electron chi connectivity index (χ3n) is 5.23. The number of alkyl halides is 6. The Morgan fingerprint density at radius 3 is 2.35 bits per heavy atom. The minimum atomic E-state index is -4.66. The highest BCUT2D eigenvalue weighted by molar-refractivity contribution is 9.11. The van der Waals surface area contributed by atoms with Crippen LogP contribution in [-0.2, 0) is 6.18 Å². The number of nitrogens with zero attached hydrogens (tertiary/aromatic N) is 2. The fourth-order valence-electron chi connectivity index (χ4n) is 3.61. The molecule has 2 atom stereocenters. The molecule has 3 aromatic rings. The van der Waals surface area contributed by atoms with Gasteiger partial charge in [0.15, 0.2) is 11.7 Å². The molecule has 1 aliphatic heterocycles. The molecule has 0 unspecified atom stereocenters. The number of halogens is 8. The van der Waals surface area contributed by atoms with Crippen LogP contribution >= 0.6 is 31.9 Å². The molecule has 34 heavy (non-hydrogen) atoms. The van der Waals surface area contributed by atoms with Gasteiger partial charge in [0.1, 0.15) is 5.82 Å². The van der Waals surface area contributed by atoms with E-state index in [1.54, 1.807) is 24.3 Å². The van der Waals surface area contributed by atoms with Crippen LogP contribution in [0, 0.1) is 0 Å². The SMILES string of the molecule is O=C(Nc1cccc(C(F)(F)F)c1)c1nn2c(c1Br)N[C@H](c1ccc(Br)cc1)C[C@H]2C(F)(F)F. The van der Waals surface area contributed by atoms with E-state index in [-0.39, 0.29) is 22.4 Å². The first kappa shape index (κ1) is 24.6. The molecule has 1 aliphatic rings. The van der Waals surface area contributed by atoms with Crippen LogP contribution in [0.3, 0.4) is 0 Å². The van der Waals surface area contributed by atoms with Crippen LogP contribution in [0.4, 0.5) is 37.8 Å². The number of rotatable bonds is 3. The summed E-state index contributed by atoms with van der Waals surface area (Å²) in [7, 11) is 0. The van der Waals surface area contributed by atoms with Gasteiger partial charge in [-0.3, -0.25) is 4.79 Å². The first-order chi connectivity index (χ1) is 15.8. The van der Waals surface area contributed by atoms with E-state index < -0.39 is 41.6 Å². The Labute approximate surface area is 205 Å². The third kappa shape index (κ3) is 4.95. The van der Waals surface area contributed by atoms with Gasteiger partial charge in [0.2, 0.25) is 0 Å². The number of benzene rings is 2. The van der Waals surface area contributed by atoms with Gasteiger partial charge in [-0.25, -0.2) is 4.68 Å². The Bertz CT molecular complexity index is 1220. The maximum absolute atomic E-state index is 13.9. The van der Waals surface area contributed by atoms with Gasteiger partial charge < -0.3 is 10.6 Å². The van der Waals surface area contributed by atoms with Crippen LogP contribution in [0.1, 0.15) is 40.1 Å². The van der Waals surface area contributed by atoms with Crippen molar-refractivity contribution < 1.29 is 31.1 Å². The van der Waals surface area contributed by atoms with Crippen molar-refractivity contribution in [3.63, 3.8) is 0 Å². The van der Waals surface area contributed by atoms with Crippen LogP contribution in [0.15, 0.2) is 57.5 Å². The van der Waals surface area contributed by atoms with Gasteiger partial charge in [-0.15, -0.1) is 0 Å². The van der Waals surface area contributed by atoms with Crippen molar-refractivity contribution in [2.24, 2.45) is 0 Å². The van der Waals surface area contributed by atoms with Crippen molar-refractivity contribution in [2.75, 3.05) is 10.6 Å². The minimum Gasteiger partial charge on any atom is -0.362 e. The monoisotopic (exact) mass is 610 g/mol. The second-order valence-electron chi connectivity index (χ2n) is 7.53. The van der Waals surface area contributed by atoms with Crippen molar-refractivity contribution in [3.05, 3.63) is 74.3 Å². The molecule has 0 bridgehead atoms. The second kappa shape index (κ2) is 8.91. The van der Waals surface area contributed by atoms with Crippen molar-refractivity contribution in [1.29, 1.82) is 0 Å². The van der Waals surface area contributed by atoms with Gasteiger partial charge in [0.05, 0.1) is 16.1 Å². The summed E-state index contributed by atoms with van der Waals surface area (Å²) in [5, 5.41) is 9.10. The second-order valence-corrected chi connectivity index (χ2v) is 9.24. The lowest BCUT2D eigenvalue weighted by atomic mass is 9.97. The molecule has 1 aromatic heterocycles. The van der Waals surface area contributed by atoms with E-state index in [0.717, 1.165) is 22.7 Å². The maximum Gasteiger partial charge on any atom is 0.416 e. The van der Waals surface area contributed by atoms with Crippen LogP contribution in [0.25, 0.3) is 0 Å². The predicted molar refractivity (Wildman–Crippen MR) is 120 cm³/mol. The van der Waals surface area contributed by atoms with E-state index in [2.05, 4.69) is 47.6 Å². The van der Waals surface area contributed by atoms with Gasteiger partial charge in [-0.05, 0) is 51.8 Å². The molecule has 1 amide bonds. The summed E-state index contributed by atoms with van der Waals surface area (Å²) in [4.78, 5) is 12.7. The molecule has 0 fully saturated rings. The Morgan fingerprint density at radius 1 is 1.06 bits per heavy atom. The molecule has 2 N–H and O–H groups in total. The highest BCUT2D eigenvalue weighted by atomic mass is 79.9. The Hall–Kier alpha value is -2.54. The zero-order valence-corrected chi connectivity index (χ0v) is 20.0. The van der Waals surface area contributed by atoms with Crippen LogP contribution < -0.4 is 10.6 Å². The molecule has 0 radical (unpaired) electrons. The molecule has 0 aliphatic carbocycles. The van der Waals surface area contributed by atoms with Crippen LogP contribution in [0.5, 0.6) is 0 Å². The largest absolute Gasteiger partial charge is 0.416 e. The molecule has 180 valence electrons. The highest BCUT2D eigenvalue weighted by Gasteiger charge is 2.47. The summed E-state index contributed by atoms with van der Waals surface area (Å²) in [6, 6.07) is 7.91. The number of aromatic nitrogens is 2. The number of hydrogen-bond donors (Lipinski definition) is 2. The van der Waals surface area contributed by atoms with Crippen molar-refractivity contribution in [3.8, 4) is 0 Å². The van der Waals surface area contributed by atoms with Gasteiger partial charge in [-0.1, -0.05) is 34.1 Å². The number of nitrogens with one attached hydrogen (secondary N) is 2. The Morgan fingerprint density at radius 2 is 1.74 bits per heavy atom. The molecule has 0 spiro atoms. The highest BCUT2D eigenvalue weighted by Crippen LogP contribution is 2.46. The fraction of sp³-hybridized carbons (Fsp3) is 0.238. The van der Waals surface area contributed by atoms with E-state index in [4.69, 9.17) is 0 Å². The molecule has 4 rings (SSSR count). The van der Waals surface area contributed by atoms with E-state index in [1.165, 1.54) is 6.07 Å². The Kier molecular flexibility index (Phi) is 6.44. The summed E-state index contributed by atoms with van der Waals surface area (Å²) in [6.45, 7) is 0. The topological polar surface area (TPSA) is 59.0 Å². The van der Waals surface area contributed by atoms with E-state index in [1.807, 2.05) is 0 Å². The fourth-order valence-corrected chi connectivity index (χ4v) is 4.43. The molecule has 2 heterocycles. The summed E-state index contributed by atoms with van der Waals surface area (Å²) in [5.74, 6) is -1.02. The van der Waals surface area contributed by atoms with Crippen LogP contribution in [-0.4, -0.2) is 21.9 Å². The maximum atomic E-state index is 13.9. The molecular formula is C21H14Br2F6N4O. The smallest absolute Gasteiger partial charge is 0.362 e. The van der Waals surface area contributed by atoms with E-state index >= 15 is 0 Å². The third-order valence-corrected chi connectivity index (χ3v) is 6.51. The van der Waals surface area contributed by atoms with Crippen LogP contribution in [0.2, 0.25) is 0 Å². The molecule has 5 nitrogen and oxygen atoms in total. The summed E-state index contributed by atoms with van der Waals surface area (Å²) >= 11 is 6.42. The van der Waals surface area contributed by atoms with E-state index in [0.29, 0.717) is 10.2 Å². The number of anilines is 2. The lowest BCUT2D eigenvalue weighted by Crippen LogP contribution is -2.35.